The van der Waals surface area contributed by atoms with Crippen LogP contribution in [0.15, 0.2) is 5.16 Å². The first-order chi connectivity index (χ1) is 4.18. The summed E-state index contributed by atoms with van der Waals surface area (Å²) in [6, 6.07) is 0. The van der Waals surface area contributed by atoms with Gasteiger partial charge in [0.15, 0.2) is 0 Å². The second-order valence-electron chi connectivity index (χ2n) is 1.95. The van der Waals surface area contributed by atoms with Crippen LogP contribution in [0.5, 0.6) is 0 Å². The molecule has 0 saturated carbocycles. The molecule has 0 rings (SSSR count). The summed E-state index contributed by atoms with van der Waals surface area (Å²) < 4.78 is 0. The van der Waals surface area contributed by atoms with Gasteiger partial charge in [-0.3, -0.25) is 0 Å². The molecule has 0 saturated heterocycles. The van der Waals surface area contributed by atoms with E-state index in [2.05, 4.69) is 5.16 Å². The van der Waals surface area contributed by atoms with Gasteiger partial charge < -0.3 is 9.74 Å². The predicted octanol–water partition coefficient (Wildman–Crippen LogP) is 0.918. The highest BCUT2D eigenvalue weighted by Gasteiger charge is 1.90. The first-order valence-corrected chi connectivity index (χ1v) is 3.02. The summed E-state index contributed by atoms with van der Waals surface area (Å²) in [6.07, 6.45) is 0. The fourth-order valence-corrected chi connectivity index (χ4v) is 0.240. The molecule has 0 unspecified atom stereocenters. The smallest absolute Gasteiger partial charge is 0.140 e. The number of hydrogen-bond donors (Lipinski definition) is 0. The summed E-state index contributed by atoms with van der Waals surface area (Å²) in [6.45, 7) is 4.44. The Morgan fingerprint density at radius 2 is 2.11 bits per heavy atom. The van der Waals surface area contributed by atoms with Crippen LogP contribution >= 0.6 is 0 Å². The van der Waals surface area contributed by atoms with Gasteiger partial charge >= 0.3 is 0 Å². The van der Waals surface area contributed by atoms with E-state index in [1.165, 1.54) is 0 Å². The largest absolute Gasteiger partial charge is 0.395 e. The lowest BCUT2D eigenvalue weighted by molar-refractivity contribution is 0.155. The van der Waals surface area contributed by atoms with Crippen molar-refractivity contribution in [1.82, 2.24) is 4.90 Å². The normalized spacial score (nSPS) is 11.3. The Kier molecular flexibility index (Phi) is 3.84. The zero-order valence-corrected chi connectivity index (χ0v) is 6.51. The van der Waals surface area contributed by atoms with Crippen LogP contribution in [-0.4, -0.2) is 31.4 Å². The molecule has 54 valence electrons. The Hall–Kier alpha value is -0.730. The number of oxime groups is 1. The summed E-state index contributed by atoms with van der Waals surface area (Å²) in [7, 11) is 3.86. The van der Waals surface area contributed by atoms with Gasteiger partial charge in [-0.05, 0) is 13.8 Å². The molecule has 0 radical (unpaired) electrons. The molecule has 0 bridgehead atoms. The predicted molar refractivity (Wildman–Crippen MR) is 38.4 cm³/mol. The van der Waals surface area contributed by atoms with Crippen LogP contribution in [0.4, 0.5) is 0 Å². The van der Waals surface area contributed by atoms with Gasteiger partial charge in [0.05, 0.1) is 0 Å². The van der Waals surface area contributed by atoms with Crippen molar-refractivity contribution in [2.24, 2.45) is 5.16 Å². The maximum absolute atomic E-state index is 4.80. The SMILES string of the molecule is CCO/N=C(/C)N(C)C. The highest BCUT2D eigenvalue weighted by Crippen LogP contribution is 1.82. The van der Waals surface area contributed by atoms with Crippen LogP contribution in [0.2, 0.25) is 0 Å². The quantitative estimate of drug-likeness (QED) is 0.315. The molecule has 0 atom stereocenters. The van der Waals surface area contributed by atoms with Gasteiger partial charge in [0.2, 0.25) is 0 Å². The van der Waals surface area contributed by atoms with Crippen LogP contribution in [0.25, 0.3) is 0 Å². The third kappa shape index (κ3) is 3.82. The van der Waals surface area contributed by atoms with Gasteiger partial charge in [0.25, 0.3) is 0 Å². The van der Waals surface area contributed by atoms with Crippen LogP contribution in [0, 0.1) is 0 Å². The van der Waals surface area contributed by atoms with Gasteiger partial charge in [-0.2, -0.15) is 0 Å². The van der Waals surface area contributed by atoms with Crippen molar-refractivity contribution in [2.75, 3.05) is 20.7 Å². The first kappa shape index (κ1) is 8.27. The molecule has 0 aromatic rings. The molecule has 0 aliphatic heterocycles. The van der Waals surface area contributed by atoms with Gasteiger partial charge in [-0.15, -0.1) is 0 Å². The zero-order chi connectivity index (χ0) is 7.28. The Balaban J connectivity index is 3.55. The molecule has 3 nitrogen and oxygen atoms in total. The van der Waals surface area contributed by atoms with Gasteiger partial charge in [-0.25, -0.2) is 0 Å². The molecule has 0 fully saturated rings. The van der Waals surface area contributed by atoms with Crippen molar-refractivity contribution >= 4 is 5.84 Å². The molecule has 0 N–H and O–H groups in total. The van der Waals surface area contributed by atoms with Crippen LogP contribution in [-0.2, 0) is 4.84 Å². The average Bonchev–Trinajstić information content (AvgIpc) is 1.82. The van der Waals surface area contributed by atoms with Crippen molar-refractivity contribution < 1.29 is 4.84 Å². The highest BCUT2D eigenvalue weighted by atomic mass is 16.6. The Morgan fingerprint density at radius 1 is 1.56 bits per heavy atom. The first-order valence-electron chi connectivity index (χ1n) is 3.02. The summed E-state index contributed by atoms with van der Waals surface area (Å²) in [5.74, 6) is 0.886. The van der Waals surface area contributed by atoms with E-state index in [0.717, 1.165) is 5.84 Å². The van der Waals surface area contributed by atoms with Crippen molar-refractivity contribution in [2.45, 2.75) is 13.8 Å². The molecule has 0 aromatic carbocycles. The van der Waals surface area contributed by atoms with E-state index < -0.39 is 0 Å². The summed E-state index contributed by atoms with van der Waals surface area (Å²) in [4.78, 5) is 6.70. The maximum atomic E-state index is 4.80. The molecule has 0 aliphatic rings. The summed E-state index contributed by atoms with van der Waals surface area (Å²) >= 11 is 0. The number of rotatable bonds is 2. The van der Waals surface area contributed by atoms with Crippen LogP contribution < -0.4 is 0 Å². The molecule has 0 amide bonds. The minimum absolute atomic E-state index is 0.630. The second-order valence-corrected chi connectivity index (χ2v) is 1.95. The van der Waals surface area contributed by atoms with E-state index in [-0.39, 0.29) is 0 Å². The lowest BCUT2D eigenvalue weighted by Gasteiger charge is -2.09. The second kappa shape index (κ2) is 4.18. The number of amidine groups is 1. The van der Waals surface area contributed by atoms with E-state index in [1.807, 2.05) is 32.8 Å². The Labute approximate surface area is 56.3 Å². The van der Waals surface area contributed by atoms with Crippen molar-refractivity contribution in [3.63, 3.8) is 0 Å². The molecule has 0 aromatic heterocycles. The van der Waals surface area contributed by atoms with Crippen molar-refractivity contribution in [3.8, 4) is 0 Å². The summed E-state index contributed by atoms with van der Waals surface area (Å²) in [5, 5.41) is 3.78. The lowest BCUT2D eigenvalue weighted by atomic mass is 10.6. The Morgan fingerprint density at radius 3 is 2.44 bits per heavy atom. The lowest BCUT2D eigenvalue weighted by Crippen LogP contribution is -2.18. The van der Waals surface area contributed by atoms with E-state index in [0.29, 0.717) is 6.61 Å². The number of nitrogens with zero attached hydrogens (tertiary/aromatic N) is 2. The Bertz CT molecular complexity index is 99.2. The molecule has 0 aliphatic carbocycles. The molecular weight excluding hydrogens is 116 g/mol. The van der Waals surface area contributed by atoms with Crippen molar-refractivity contribution in [1.29, 1.82) is 0 Å². The highest BCUT2D eigenvalue weighted by molar-refractivity contribution is 5.78. The molecule has 3 heteroatoms. The van der Waals surface area contributed by atoms with Crippen molar-refractivity contribution in [3.05, 3.63) is 0 Å². The average molecular weight is 130 g/mol. The van der Waals surface area contributed by atoms with Gasteiger partial charge in [0, 0.05) is 14.1 Å². The standard InChI is InChI=1S/C6H14N2O/c1-5-9-7-6(2)8(3)4/h5H2,1-4H3/b7-6-. The fourth-order valence-electron chi connectivity index (χ4n) is 0.240. The minimum Gasteiger partial charge on any atom is -0.395 e. The van der Waals surface area contributed by atoms with Gasteiger partial charge in [-0.1, -0.05) is 5.16 Å². The molecule has 0 spiro atoms. The van der Waals surface area contributed by atoms with Crippen LogP contribution in [0.3, 0.4) is 0 Å². The fraction of sp³-hybridized carbons (Fsp3) is 0.833. The van der Waals surface area contributed by atoms with E-state index >= 15 is 0 Å². The monoisotopic (exact) mass is 130 g/mol. The van der Waals surface area contributed by atoms with E-state index in [9.17, 15) is 0 Å². The molecular formula is C6H14N2O. The third-order valence-electron chi connectivity index (χ3n) is 0.973. The van der Waals surface area contributed by atoms with E-state index in [1.54, 1.807) is 0 Å². The maximum Gasteiger partial charge on any atom is 0.140 e. The van der Waals surface area contributed by atoms with Crippen LogP contribution in [0.1, 0.15) is 13.8 Å². The molecule has 0 heterocycles. The number of hydrogen-bond acceptors (Lipinski definition) is 2. The topological polar surface area (TPSA) is 24.8 Å². The minimum atomic E-state index is 0.630. The summed E-state index contributed by atoms with van der Waals surface area (Å²) in [5.41, 5.74) is 0. The third-order valence-corrected chi connectivity index (χ3v) is 0.973. The zero-order valence-electron chi connectivity index (χ0n) is 6.51. The van der Waals surface area contributed by atoms with E-state index in [4.69, 9.17) is 4.84 Å². The molecule has 9 heavy (non-hydrogen) atoms. The van der Waals surface area contributed by atoms with Gasteiger partial charge in [0.1, 0.15) is 12.4 Å².